The topological polar surface area (TPSA) is 96.4 Å². The summed E-state index contributed by atoms with van der Waals surface area (Å²) in [4.78, 5) is 16.5. The summed E-state index contributed by atoms with van der Waals surface area (Å²) >= 11 is 13.2. The van der Waals surface area contributed by atoms with Gasteiger partial charge in [0, 0.05) is 5.56 Å². The van der Waals surface area contributed by atoms with Crippen LogP contribution in [0.3, 0.4) is 0 Å². The lowest BCUT2D eigenvalue weighted by molar-refractivity contribution is -0.0466. The Balaban J connectivity index is 1.62. The van der Waals surface area contributed by atoms with Gasteiger partial charge in [-0.05, 0) is 62.1 Å². The van der Waals surface area contributed by atoms with Crippen LogP contribution in [0.4, 0.5) is 5.13 Å². The van der Waals surface area contributed by atoms with E-state index in [-0.39, 0.29) is 33.2 Å². The molecule has 3 unspecified atom stereocenters. The van der Waals surface area contributed by atoms with Crippen LogP contribution in [0.25, 0.3) is 0 Å². The summed E-state index contributed by atoms with van der Waals surface area (Å²) in [5.41, 5.74) is -0.671. The van der Waals surface area contributed by atoms with E-state index in [2.05, 4.69) is 17.2 Å². The maximum atomic E-state index is 13.5. The Labute approximate surface area is 189 Å². The third-order valence-corrected chi connectivity index (χ3v) is 10.3. The predicted molar refractivity (Wildman–Crippen MR) is 118 cm³/mol. The van der Waals surface area contributed by atoms with Gasteiger partial charge < -0.3 is 5.11 Å². The van der Waals surface area contributed by atoms with Crippen molar-refractivity contribution < 1.29 is 18.3 Å². The fraction of sp³-hybridized carbons (Fsp3) is 0.500. The number of aromatic nitrogens is 1. The quantitative estimate of drug-likeness (QED) is 0.651. The van der Waals surface area contributed by atoms with E-state index in [0.717, 1.165) is 17.8 Å². The van der Waals surface area contributed by atoms with Crippen molar-refractivity contribution in [3.63, 3.8) is 0 Å². The number of nitrogens with zero attached hydrogens (tertiary/aromatic N) is 1. The molecular formula is C20H22Cl2N2O4S2. The molecule has 0 aliphatic heterocycles. The number of benzene rings is 1. The molecule has 5 atom stereocenters. The van der Waals surface area contributed by atoms with Gasteiger partial charge >= 0.3 is 0 Å². The van der Waals surface area contributed by atoms with Crippen LogP contribution in [0.5, 0.6) is 0 Å². The highest BCUT2D eigenvalue weighted by Gasteiger charge is 2.56. The lowest BCUT2D eigenvalue weighted by Gasteiger charge is -2.40. The highest BCUT2D eigenvalue weighted by atomic mass is 35.5. The van der Waals surface area contributed by atoms with Crippen molar-refractivity contribution in [2.75, 3.05) is 5.32 Å². The number of nitrogens with one attached hydrogen (secondary N) is 1. The summed E-state index contributed by atoms with van der Waals surface area (Å²) in [5.74, 6) is -0.362. The van der Waals surface area contributed by atoms with Gasteiger partial charge in [-0.1, -0.05) is 41.5 Å². The summed E-state index contributed by atoms with van der Waals surface area (Å²) < 4.78 is 27.3. The third-order valence-electron chi connectivity index (χ3n) is 6.62. The largest absolute Gasteiger partial charge is 0.390 e. The average Bonchev–Trinajstić information content (AvgIpc) is 3.07. The average molecular weight is 489 g/mol. The molecule has 2 saturated carbocycles. The maximum absolute atomic E-state index is 13.5. The minimum absolute atomic E-state index is 0.0485. The standard InChI is InChI=1S/C20H22Cl2N2O4S2/c1-10-5-12-7-13(8-14(10)20(12,2)26)30(27,28)16-6-11(3-4-15(16)21)18(25)24-19-23-9-17(22)29-19/h3-4,6,9-10,12-14,26H,5,7-8H2,1-2H3,(H,23,24,25)/t10-,12?,13?,14?,20+/m0/s1. The number of thiazole rings is 1. The van der Waals surface area contributed by atoms with Crippen molar-refractivity contribution in [1.29, 1.82) is 0 Å². The summed E-state index contributed by atoms with van der Waals surface area (Å²) in [7, 11) is -3.77. The minimum Gasteiger partial charge on any atom is -0.390 e. The van der Waals surface area contributed by atoms with Crippen LogP contribution in [0.2, 0.25) is 9.36 Å². The van der Waals surface area contributed by atoms with E-state index in [1.165, 1.54) is 24.4 Å². The number of sulfone groups is 1. The Kier molecular flexibility index (Phi) is 5.68. The molecule has 1 aromatic carbocycles. The zero-order valence-electron chi connectivity index (χ0n) is 16.4. The minimum atomic E-state index is -3.77. The Hall–Kier alpha value is -1.19. The number of carbonyl (C=O) groups excluding carboxylic acids is 1. The number of anilines is 1. The van der Waals surface area contributed by atoms with Crippen molar-refractivity contribution in [1.82, 2.24) is 4.98 Å². The first-order valence-electron chi connectivity index (χ1n) is 9.68. The zero-order chi connectivity index (χ0) is 21.8. The Bertz CT molecular complexity index is 1100. The molecule has 2 fully saturated rings. The molecule has 4 rings (SSSR count). The first-order chi connectivity index (χ1) is 14.0. The first-order valence-corrected chi connectivity index (χ1v) is 12.8. The molecular weight excluding hydrogens is 467 g/mol. The third kappa shape index (κ3) is 3.77. The van der Waals surface area contributed by atoms with E-state index in [0.29, 0.717) is 22.3 Å². The molecule has 0 saturated heterocycles. The maximum Gasteiger partial charge on any atom is 0.257 e. The molecule has 10 heteroatoms. The Morgan fingerprint density at radius 1 is 1.30 bits per heavy atom. The van der Waals surface area contributed by atoms with Gasteiger partial charge in [0.25, 0.3) is 5.91 Å². The highest BCUT2D eigenvalue weighted by Crippen LogP contribution is 2.54. The first kappa shape index (κ1) is 22.0. The van der Waals surface area contributed by atoms with Crippen LogP contribution in [-0.4, -0.2) is 35.3 Å². The summed E-state index contributed by atoms with van der Waals surface area (Å²) in [5, 5.41) is 13.2. The second-order valence-corrected chi connectivity index (χ2v) is 12.7. The van der Waals surface area contributed by atoms with Crippen molar-refractivity contribution in [3.8, 4) is 0 Å². The molecule has 2 N–H and O–H groups in total. The van der Waals surface area contributed by atoms with Crippen LogP contribution in [0.15, 0.2) is 29.3 Å². The smallest absolute Gasteiger partial charge is 0.257 e. The predicted octanol–water partition coefficient (Wildman–Crippen LogP) is 4.66. The Morgan fingerprint density at radius 3 is 2.67 bits per heavy atom. The number of amides is 1. The molecule has 2 aromatic rings. The van der Waals surface area contributed by atoms with Crippen LogP contribution >= 0.6 is 34.5 Å². The van der Waals surface area contributed by atoms with Crippen molar-refractivity contribution >= 4 is 55.4 Å². The van der Waals surface area contributed by atoms with Gasteiger partial charge in [-0.15, -0.1) is 0 Å². The molecule has 0 radical (unpaired) electrons. The lowest BCUT2D eigenvalue weighted by Crippen LogP contribution is -2.46. The fourth-order valence-electron chi connectivity index (χ4n) is 5.01. The van der Waals surface area contributed by atoms with Gasteiger partial charge in [-0.3, -0.25) is 10.1 Å². The molecule has 1 aromatic heterocycles. The lowest BCUT2D eigenvalue weighted by atomic mass is 9.74. The molecule has 2 bridgehead atoms. The molecule has 162 valence electrons. The van der Waals surface area contributed by atoms with Crippen molar-refractivity contribution in [2.24, 2.45) is 17.8 Å². The molecule has 30 heavy (non-hydrogen) atoms. The van der Waals surface area contributed by atoms with Crippen LogP contribution in [0.1, 0.15) is 43.5 Å². The van der Waals surface area contributed by atoms with Crippen molar-refractivity contribution in [3.05, 3.63) is 39.3 Å². The summed E-state index contributed by atoms with van der Waals surface area (Å²) in [6.07, 6.45) is 3.01. The van der Waals surface area contributed by atoms with Crippen LogP contribution in [-0.2, 0) is 9.84 Å². The van der Waals surface area contributed by atoms with Gasteiger partial charge in [-0.2, -0.15) is 0 Å². The molecule has 1 amide bonds. The molecule has 1 heterocycles. The van der Waals surface area contributed by atoms with Crippen molar-refractivity contribution in [2.45, 2.75) is 48.9 Å². The van der Waals surface area contributed by atoms with Gasteiger partial charge in [0.2, 0.25) is 0 Å². The number of hydrogen-bond donors (Lipinski definition) is 2. The number of rotatable bonds is 4. The van der Waals surface area contributed by atoms with Gasteiger partial charge in [0.05, 0.1) is 27.0 Å². The second kappa shape index (κ2) is 7.74. The van der Waals surface area contributed by atoms with E-state index in [1.54, 1.807) is 0 Å². The normalized spacial score (nSPS) is 31.0. The van der Waals surface area contributed by atoms with Crippen LogP contribution in [0, 0.1) is 17.8 Å². The number of carbonyl (C=O) groups is 1. The van der Waals surface area contributed by atoms with Gasteiger partial charge in [0.15, 0.2) is 15.0 Å². The Morgan fingerprint density at radius 2 is 2.03 bits per heavy atom. The highest BCUT2D eigenvalue weighted by molar-refractivity contribution is 7.92. The van der Waals surface area contributed by atoms with Gasteiger partial charge in [-0.25, -0.2) is 13.4 Å². The van der Waals surface area contributed by atoms with E-state index in [9.17, 15) is 18.3 Å². The molecule has 2 aliphatic carbocycles. The number of halogens is 2. The number of aliphatic hydroxyl groups is 1. The SMILES string of the molecule is C[C@H]1CC2CC(S(=O)(=O)c3cc(C(=O)Nc4ncc(Cl)s4)ccc3Cl)CC1[C@]2(C)O. The monoisotopic (exact) mass is 488 g/mol. The fourth-order valence-corrected chi connectivity index (χ4v) is 8.19. The summed E-state index contributed by atoms with van der Waals surface area (Å²) in [6.45, 7) is 3.88. The number of hydrogen-bond acceptors (Lipinski definition) is 6. The molecule has 0 spiro atoms. The van der Waals surface area contributed by atoms with Gasteiger partial charge in [0.1, 0.15) is 4.34 Å². The van der Waals surface area contributed by atoms with Crippen LogP contribution < -0.4 is 5.32 Å². The molecule has 6 nitrogen and oxygen atoms in total. The van der Waals surface area contributed by atoms with E-state index < -0.39 is 26.6 Å². The van der Waals surface area contributed by atoms with E-state index in [4.69, 9.17) is 23.2 Å². The zero-order valence-corrected chi connectivity index (χ0v) is 19.6. The molecule has 2 aliphatic rings. The summed E-state index contributed by atoms with van der Waals surface area (Å²) in [6, 6.07) is 4.22. The van der Waals surface area contributed by atoms with E-state index in [1.807, 2.05) is 6.92 Å². The second-order valence-electron chi connectivity index (χ2n) is 8.45. The van der Waals surface area contributed by atoms with E-state index >= 15 is 0 Å². The number of fused-ring (bicyclic) bond motifs is 2.